The molecule has 10 heteroatoms. The van der Waals surface area contributed by atoms with Crippen LogP contribution >= 0.6 is 23.2 Å². The zero-order valence-corrected chi connectivity index (χ0v) is 27.6. The number of benzene rings is 3. The maximum atomic E-state index is 14.6. The van der Waals surface area contributed by atoms with Gasteiger partial charge in [-0.3, -0.25) is 9.69 Å². The molecule has 3 heterocycles. The van der Waals surface area contributed by atoms with Crippen LogP contribution in [0.15, 0.2) is 66.7 Å². The first kappa shape index (κ1) is 32.4. The Morgan fingerprint density at radius 1 is 0.915 bits per heavy atom. The average molecular weight is 682 g/mol. The number of piperidine rings is 2. The normalized spacial score (nSPS) is 19.2. The summed E-state index contributed by atoms with van der Waals surface area (Å²) < 4.78 is 41.8. The van der Waals surface area contributed by atoms with Crippen LogP contribution in [-0.4, -0.2) is 52.9 Å². The van der Waals surface area contributed by atoms with Gasteiger partial charge in [-0.2, -0.15) is 13.2 Å². The molecular formula is C37H37Cl2F3N4O. The topological polar surface area (TPSA) is 48.5 Å². The Kier molecular flexibility index (Phi) is 8.98. The van der Waals surface area contributed by atoms with E-state index in [1.807, 2.05) is 30.3 Å². The first-order chi connectivity index (χ1) is 22.6. The summed E-state index contributed by atoms with van der Waals surface area (Å²) in [7, 11) is 0. The number of fused-ring (bicyclic) bond motifs is 1. The number of carbonyl (C=O) groups is 1. The van der Waals surface area contributed by atoms with Crippen LogP contribution in [0.1, 0.15) is 72.0 Å². The van der Waals surface area contributed by atoms with Crippen molar-refractivity contribution in [2.24, 2.45) is 0 Å². The van der Waals surface area contributed by atoms with Crippen molar-refractivity contribution in [2.75, 3.05) is 26.2 Å². The van der Waals surface area contributed by atoms with E-state index in [0.29, 0.717) is 45.3 Å². The lowest BCUT2D eigenvalue weighted by Crippen LogP contribution is -2.46. The quantitative estimate of drug-likeness (QED) is 0.212. The van der Waals surface area contributed by atoms with Gasteiger partial charge in [-0.1, -0.05) is 72.1 Å². The van der Waals surface area contributed by atoms with Crippen LogP contribution in [0.2, 0.25) is 10.0 Å². The third-order valence-corrected chi connectivity index (χ3v) is 10.6. The van der Waals surface area contributed by atoms with Crippen molar-refractivity contribution in [2.45, 2.75) is 69.2 Å². The summed E-state index contributed by atoms with van der Waals surface area (Å²) in [6.07, 6.45) is 2.78. The Bertz CT molecular complexity index is 1780. The lowest BCUT2D eigenvalue weighted by atomic mass is 9.93. The molecule has 1 amide bonds. The number of aromatic nitrogens is 1. The number of hydrogen-bond acceptors (Lipinski definition) is 4. The lowest BCUT2D eigenvalue weighted by molar-refractivity contribution is -0.137. The molecule has 5 nitrogen and oxygen atoms in total. The van der Waals surface area contributed by atoms with E-state index >= 15 is 0 Å². The van der Waals surface area contributed by atoms with Crippen molar-refractivity contribution in [1.82, 2.24) is 20.1 Å². The molecule has 1 aliphatic carbocycles. The van der Waals surface area contributed by atoms with Crippen LogP contribution in [0, 0.1) is 0 Å². The van der Waals surface area contributed by atoms with Gasteiger partial charge in [0.1, 0.15) is 0 Å². The summed E-state index contributed by atoms with van der Waals surface area (Å²) in [6, 6.07) is 18.8. The smallest absolute Gasteiger partial charge is 0.342 e. The minimum absolute atomic E-state index is 0.230. The fraction of sp³-hybridized carbons (Fsp3) is 0.405. The number of hydrogen-bond donors (Lipinski definition) is 1. The molecule has 0 bridgehead atoms. The molecule has 3 fully saturated rings. The molecule has 0 atom stereocenters. The van der Waals surface area contributed by atoms with Gasteiger partial charge < -0.3 is 10.2 Å². The van der Waals surface area contributed by atoms with Crippen LogP contribution in [0.4, 0.5) is 13.2 Å². The van der Waals surface area contributed by atoms with E-state index in [-0.39, 0.29) is 16.5 Å². The largest absolute Gasteiger partial charge is 0.416 e. The number of carbonyl (C=O) groups excluding carboxylic acids is 1. The Balaban J connectivity index is 1.34. The third-order valence-electron chi connectivity index (χ3n) is 10.1. The Hall–Kier alpha value is -3.17. The number of halogens is 5. The van der Waals surface area contributed by atoms with Crippen molar-refractivity contribution in [3.05, 3.63) is 99.0 Å². The first-order valence-corrected chi connectivity index (χ1v) is 17.2. The highest BCUT2D eigenvalue weighted by Gasteiger charge is 2.46. The summed E-state index contributed by atoms with van der Waals surface area (Å²) >= 11 is 13.2. The Morgan fingerprint density at radius 2 is 1.64 bits per heavy atom. The van der Waals surface area contributed by atoms with Crippen LogP contribution in [-0.2, 0) is 18.3 Å². The van der Waals surface area contributed by atoms with Gasteiger partial charge in [-0.15, -0.1) is 0 Å². The molecule has 2 aliphatic heterocycles. The van der Waals surface area contributed by atoms with Gasteiger partial charge in [0.2, 0.25) is 0 Å². The van der Waals surface area contributed by atoms with E-state index in [9.17, 15) is 18.0 Å². The van der Waals surface area contributed by atoms with Gasteiger partial charge in [0.15, 0.2) is 0 Å². The highest BCUT2D eigenvalue weighted by molar-refractivity contribution is 6.39. The monoisotopic (exact) mass is 680 g/mol. The fourth-order valence-electron chi connectivity index (χ4n) is 7.42. The molecule has 0 radical (unpaired) electrons. The predicted octanol–water partition coefficient (Wildman–Crippen LogP) is 9.10. The number of nitrogens with one attached hydrogen (secondary N) is 1. The maximum Gasteiger partial charge on any atom is 0.416 e. The number of pyridine rings is 1. The fourth-order valence-corrected chi connectivity index (χ4v) is 7.96. The second-order valence-corrected chi connectivity index (χ2v) is 14.0. The molecule has 0 spiro atoms. The van der Waals surface area contributed by atoms with E-state index in [0.717, 1.165) is 69.6 Å². The number of alkyl halides is 3. The minimum atomic E-state index is -4.54. The van der Waals surface area contributed by atoms with Gasteiger partial charge in [0.25, 0.3) is 5.91 Å². The molecule has 47 heavy (non-hydrogen) atoms. The van der Waals surface area contributed by atoms with E-state index < -0.39 is 17.3 Å². The molecule has 3 aliphatic rings. The van der Waals surface area contributed by atoms with Crippen LogP contribution < -0.4 is 5.32 Å². The molecule has 1 aromatic heterocycles. The number of rotatable bonds is 7. The zero-order chi connectivity index (χ0) is 32.8. The molecule has 246 valence electrons. The summed E-state index contributed by atoms with van der Waals surface area (Å²) in [5, 5.41) is 4.38. The van der Waals surface area contributed by atoms with Gasteiger partial charge in [-0.05, 0) is 94.5 Å². The standard InChI is InChI=1S/C37H37Cl2F3N4O/c38-27-21-29-32(35(47)44-36(14-15-36)25-9-3-1-4-10-25)30(23-45-18-12-28(13-19-45)46-16-5-2-6-17-46)33(43-34(29)31(39)22-27)24-8-7-11-26(20-24)37(40,41)42/h1,3-4,7-11,20-22,28H,2,5-6,12-19,23H2,(H,44,47). The zero-order valence-electron chi connectivity index (χ0n) is 26.1. The average Bonchev–Trinajstić information content (AvgIpc) is 3.85. The van der Waals surface area contributed by atoms with Gasteiger partial charge >= 0.3 is 6.18 Å². The van der Waals surface area contributed by atoms with E-state index in [2.05, 4.69) is 15.1 Å². The summed E-state index contributed by atoms with van der Waals surface area (Å²) in [5.74, 6) is -0.316. The van der Waals surface area contributed by atoms with Crippen molar-refractivity contribution in [1.29, 1.82) is 0 Å². The van der Waals surface area contributed by atoms with Crippen molar-refractivity contribution in [3.63, 3.8) is 0 Å². The highest BCUT2D eigenvalue weighted by atomic mass is 35.5. The van der Waals surface area contributed by atoms with Gasteiger partial charge in [0.05, 0.1) is 32.9 Å². The van der Waals surface area contributed by atoms with Crippen molar-refractivity contribution < 1.29 is 18.0 Å². The molecular weight excluding hydrogens is 644 g/mol. The van der Waals surface area contributed by atoms with Crippen LogP contribution in [0.3, 0.4) is 0 Å². The highest BCUT2D eigenvalue weighted by Crippen LogP contribution is 2.46. The summed E-state index contributed by atoms with van der Waals surface area (Å²) in [4.78, 5) is 24.4. The van der Waals surface area contributed by atoms with Gasteiger partial charge in [-0.25, -0.2) is 4.98 Å². The van der Waals surface area contributed by atoms with Crippen molar-refractivity contribution in [3.8, 4) is 11.3 Å². The predicted molar refractivity (Wildman–Crippen MR) is 181 cm³/mol. The summed E-state index contributed by atoms with van der Waals surface area (Å²) in [5.41, 5.74) is 1.58. The molecule has 7 rings (SSSR count). The SMILES string of the molecule is O=C(NC1(c2ccccc2)CC1)c1c(CN2CCC(N3CCCCC3)CC2)c(-c2cccc(C(F)(F)F)c2)nc2c(Cl)cc(Cl)cc12. The number of amides is 1. The second-order valence-electron chi connectivity index (χ2n) is 13.2. The second kappa shape index (κ2) is 13.0. The van der Waals surface area contributed by atoms with Crippen LogP contribution in [0.5, 0.6) is 0 Å². The van der Waals surface area contributed by atoms with E-state index in [1.165, 1.54) is 25.3 Å². The van der Waals surface area contributed by atoms with E-state index in [4.69, 9.17) is 28.2 Å². The number of nitrogens with zero attached hydrogens (tertiary/aromatic N) is 3. The molecule has 1 N–H and O–H groups in total. The van der Waals surface area contributed by atoms with Crippen molar-refractivity contribution >= 4 is 40.0 Å². The van der Waals surface area contributed by atoms with E-state index in [1.54, 1.807) is 18.2 Å². The summed E-state index contributed by atoms with van der Waals surface area (Å²) in [6.45, 7) is 4.24. The Labute approximate surface area is 283 Å². The molecule has 4 aromatic rings. The maximum absolute atomic E-state index is 14.6. The lowest BCUT2D eigenvalue weighted by Gasteiger charge is -2.40. The molecule has 2 saturated heterocycles. The third kappa shape index (κ3) is 6.75. The molecule has 1 saturated carbocycles. The van der Waals surface area contributed by atoms with Crippen LogP contribution in [0.25, 0.3) is 22.2 Å². The number of likely N-dealkylation sites (tertiary alicyclic amines) is 2. The Morgan fingerprint density at radius 3 is 2.32 bits per heavy atom. The minimum Gasteiger partial charge on any atom is -0.342 e. The first-order valence-electron chi connectivity index (χ1n) is 16.4. The molecule has 0 unspecified atom stereocenters. The molecule has 3 aromatic carbocycles. The van der Waals surface area contributed by atoms with Gasteiger partial charge in [0, 0.05) is 34.1 Å².